The molecular formula is C78H53N3Si. The lowest BCUT2D eigenvalue weighted by atomic mass is 9.98. The van der Waals surface area contributed by atoms with Crippen molar-refractivity contribution in [2.75, 3.05) is 0 Å². The van der Waals surface area contributed by atoms with Crippen LogP contribution in [0.25, 0.3) is 116 Å². The van der Waals surface area contributed by atoms with Gasteiger partial charge in [-0.1, -0.05) is 249 Å². The standard InChI is InChI=1S/C78H53N3Si/c1-5-23-54(24-6-1)58-45-48-75-70(52-58)68-35-15-19-39-73(68)81(75)77-42-22-41-76-78(77)69-36-16-20-40-74(69)80(76)61-51-59(50-60(53-61)79-71-37-17-13-33-66(71)67-34-14-18-38-72(67)79)57-26-21-25-56(49-57)55-43-46-65(47-44-55)82(62-27-7-2-8-28-62,63-29-9-3-10-30-63)64-31-11-4-12-32-64/h1-53H. The number of nitrogens with zero attached hydrogens (tertiary/aromatic N) is 3. The van der Waals surface area contributed by atoms with Gasteiger partial charge in [-0.05, 0) is 127 Å². The highest BCUT2D eigenvalue weighted by molar-refractivity contribution is 7.19. The zero-order valence-corrected chi connectivity index (χ0v) is 45.9. The zero-order chi connectivity index (χ0) is 54.1. The number of rotatable bonds is 10. The van der Waals surface area contributed by atoms with Gasteiger partial charge in [0.05, 0.1) is 38.8 Å². The lowest BCUT2D eigenvalue weighted by Gasteiger charge is -2.34. The number of hydrogen-bond acceptors (Lipinski definition) is 0. The third-order valence-electron chi connectivity index (χ3n) is 17.2. The summed E-state index contributed by atoms with van der Waals surface area (Å²) < 4.78 is 7.45. The van der Waals surface area contributed by atoms with Gasteiger partial charge in [0.1, 0.15) is 0 Å². The highest BCUT2D eigenvalue weighted by atomic mass is 28.3. The highest BCUT2D eigenvalue weighted by Gasteiger charge is 2.41. The number of para-hydroxylation sites is 4. The number of fused-ring (bicyclic) bond motifs is 9. The Kier molecular flexibility index (Phi) is 11.2. The Bertz CT molecular complexity index is 4920. The van der Waals surface area contributed by atoms with Crippen molar-refractivity contribution >= 4 is 94.2 Å². The minimum absolute atomic E-state index is 1.09. The maximum atomic E-state index is 2.50. The largest absolute Gasteiger partial charge is 0.309 e. The summed E-state index contributed by atoms with van der Waals surface area (Å²) in [5, 5.41) is 12.8. The van der Waals surface area contributed by atoms with Crippen molar-refractivity contribution in [3.05, 3.63) is 322 Å². The van der Waals surface area contributed by atoms with Gasteiger partial charge in [0.2, 0.25) is 0 Å². The molecule has 0 atom stereocenters. The summed E-state index contributed by atoms with van der Waals surface area (Å²) in [5.74, 6) is 0. The fourth-order valence-electron chi connectivity index (χ4n) is 13.6. The molecule has 0 unspecified atom stereocenters. The summed E-state index contributed by atoms with van der Waals surface area (Å²) in [7, 11) is -2.70. The Morgan fingerprint density at radius 2 is 0.561 bits per heavy atom. The Balaban J connectivity index is 0.892. The van der Waals surface area contributed by atoms with E-state index in [9.17, 15) is 0 Å². The molecular weight excluding hydrogens is 1010 g/mol. The van der Waals surface area contributed by atoms with Crippen molar-refractivity contribution < 1.29 is 0 Å². The van der Waals surface area contributed by atoms with E-state index in [4.69, 9.17) is 0 Å². The first-order valence-corrected chi connectivity index (χ1v) is 30.3. The molecule has 0 N–H and O–H groups in total. The van der Waals surface area contributed by atoms with Gasteiger partial charge in [-0.15, -0.1) is 0 Å². The maximum Gasteiger partial charge on any atom is 0.179 e. The van der Waals surface area contributed by atoms with Gasteiger partial charge < -0.3 is 13.7 Å². The molecule has 0 aliphatic carbocycles. The summed E-state index contributed by atoms with van der Waals surface area (Å²) in [6, 6.07) is 119. The second-order valence-electron chi connectivity index (χ2n) is 21.6. The summed E-state index contributed by atoms with van der Waals surface area (Å²) in [4.78, 5) is 0. The fraction of sp³-hybridized carbons (Fsp3) is 0. The molecule has 0 fully saturated rings. The highest BCUT2D eigenvalue weighted by Crippen LogP contribution is 2.43. The van der Waals surface area contributed by atoms with E-state index >= 15 is 0 Å². The van der Waals surface area contributed by atoms with Gasteiger partial charge in [-0.2, -0.15) is 0 Å². The molecule has 4 heteroatoms. The molecule has 16 rings (SSSR count). The lowest BCUT2D eigenvalue weighted by Crippen LogP contribution is -2.74. The van der Waals surface area contributed by atoms with Crippen LogP contribution in [0.4, 0.5) is 0 Å². The van der Waals surface area contributed by atoms with Crippen LogP contribution in [0, 0.1) is 0 Å². The Hall–Kier alpha value is -10.5. The zero-order valence-electron chi connectivity index (χ0n) is 44.9. The van der Waals surface area contributed by atoms with E-state index in [0.29, 0.717) is 0 Å². The normalized spacial score (nSPS) is 11.9. The van der Waals surface area contributed by atoms with E-state index in [2.05, 4.69) is 335 Å². The van der Waals surface area contributed by atoms with E-state index in [-0.39, 0.29) is 0 Å². The molecule has 0 aliphatic heterocycles. The van der Waals surface area contributed by atoms with E-state index in [1.165, 1.54) is 97.4 Å². The van der Waals surface area contributed by atoms with Crippen molar-refractivity contribution in [2.24, 2.45) is 0 Å². The first-order valence-electron chi connectivity index (χ1n) is 28.3. The minimum Gasteiger partial charge on any atom is -0.309 e. The van der Waals surface area contributed by atoms with Gasteiger partial charge in [0.25, 0.3) is 0 Å². The number of hydrogen-bond donors (Lipinski definition) is 0. The van der Waals surface area contributed by atoms with Crippen LogP contribution in [0.1, 0.15) is 0 Å². The van der Waals surface area contributed by atoms with Crippen LogP contribution in [0.3, 0.4) is 0 Å². The first kappa shape index (κ1) is 47.5. The quantitative estimate of drug-likeness (QED) is 0.0958. The van der Waals surface area contributed by atoms with Gasteiger partial charge in [0, 0.05) is 43.7 Å². The molecule has 13 aromatic carbocycles. The summed E-state index contributed by atoms with van der Waals surface area (Å²) in [5.41, 5.74) is 17.4. The van der Waals surface area contributed by atoms with Gasteiger partial charge in [-0.25, -0.2) is 0 Å². The third kappa shape index (κ3) is 7.50. The van der Waals surface area contributed by atoms with E-state index < -0.39 is 8.07 Å². The van der Waals surface area contributed by atoms with E-state index in [1.807, 2.05) is 0 Å². The van der Waals surface area contributed by atoms with Crippen LogP contribution in [0.5, 0.6) is 0 Å². The van der Waals surface area contributed by atoms with Crippen molar-refractivity contribution in [1.82, 2.24) is 13.7 Å². The topological polar surface area (TPSA) is 14.8 Å². The smallest absolute Gasteiger partial charge is 0.179 e. The summed E-state index contributed by atoms with van der Waals surface area (Å²) in [6.45, 7) is 0. The molecule has 3 heterocycles. The van der Waals surface area contributed by atoms with Crippen molar-refractivity contribution in [2.45, 2.75) is 0 Å². The van der Waals surface area contributed by atoms with Crippen molar-refractivity contribution in [1.29, 1.82) is 0 Å². The van der Waals surface area contributed by atoms with Gasteiger partial charge in [0.15, 0.2) is 8.07 Å². The molecule has 16 aromatic rings. The average Bonchev–Trinajstić information content (AvgIpc) is 3.17. The molecule has 3 aromatic heterocycles. The minimum atomic E-state index is -2.70. The SMILES string of the molecule is c1ccc(-c2ccc3c(c2)c2ccccc2n3-c2cccc3c2c2ccccc2n3-c2cc(-c3cccc(-c4ccc([Si](c5ccccc5)(c5ccccc5)c5ccccc5)cc4)c3)cc(-n3c4ccccc4c4ccccc43)c2)cc1. The van der Waals surface area contributed by atoms with Gasteiger partial charge >= 0.3 is 0 Å². The summed E-state index contributed by atoms with van der Waals surface area (Å²) >= 11 is 0. The van der Waals surface area contributed by atoms with E-state index in [1.54, 1.807) is 0 Å². The molecule has 82 heavy (non-hydrogen) atoms. The summed E-state index contributed by atoms with van der Waals surface area (Å²) in [6.07, 6.45) is 0. The van der Waals surface area contributed by atoms with Gasteiger partial charge in [-0.3, -0.25) is 0 Å². The Morgan fingerprint density at radius 1 is 0.195 bits per heavy atom. The molecule has 0 spiro atoms. The Labute approximate surface area is 477 Å². The molecule has 0 aliphatic rings. The number of aromatic nitrogens is 3. The van der Waals surface area contributed by atoms with Crippen LogP contribution in [-0.4, -0.2) is 21.8 Å². The third-order valence-corrected chi connectivity index (χ3v) is 22.0. The fourth-order valence-corrected chi connectivity index (χ4v) is 18.3. The average molecular weight is 1060 g/mol. The van der Waals surface area contributed by atoms with Crippen molar-refractivity contribution in [3.63, 3.8) is 0 Å². The molecule has 0 amide bonds. The predicted molar refractivity (Wildman–Crippen MR) is 349 cm³/mol. The predicted octanol–water partition coefficient (Wildman–Crippen LogP) is 17.4. The second kappa shape index (κ2) is 19.4. The molecule has 384 valence electrons. The molecule has 3 nitrogen and oxygen atoms in total. The monoisotopic (exact) mass is 1060 g/mol. The molecule has 0 saturated heterocycles. The van der Waals surface area contributed by atoms with E-state index in [0.717, 1.165) is 39.2 Å². The molecule has 0 bridgehead atoms. The first-order chi connectivity index (χ1) is 40.7. The van der Waals surface area contributed by atoms with Crippen LogP contribution >= 0.6 is 0 Å². The van der Waals surface area contributed by atoms with Crippen LogP contribution in [-0.2, 0) is 0 Å². The lowest BCUT2D eigenvalue weighted by molar-refractivity contribution is 1.13. The molecule has 0 radical (unpaired) electrons. The van der Waals surface area contributed by atoms with Crippen LogP contribution < -0.4 is 20.7 Å². The van der Waals surface area contributed by atoms with Crippen LogP contribution in [0.2, 0.25) is 0 Å². The second-order valence-corrected chi connectivity index (χ2v) is 25.4. The van der Waals surface area contributed by atoms with Crippen LogP contribution in [0.15, 0.2) is 322 Å². The number of benzene rings is 13. The van der Waals surface area contributed by atoms with Crippen molar-refractivity contribution in [3.8, 4) is 50.4 Å². The maximum absolute atomic E-state index is 2.70. The molecule has 0 saturated carbocycles. The Morgan fingerprint density at radius 3 is 1.13 bits per heavy atom.